The molecular formula is C72H90F4N6O12V2-2. The van der Waals surface area contributed by atoms with Crippen molar-refractivity contribution in [2.24, 2.45) is 58.2 Å². The molecule has 4 aromatic rings. The number of fused-ring (bicyclic) bond motifs is 12. The third-order valence-corrected chi connectivity index (χ3v) is 23.6. The summed E-state index contributed by atoms with van der Waals surface area (Å²) in [6.45, 7) is 9.46. The van der Waals surface area contributed by atoms with E-state index in [2.05, 4.69) is 26.9 Å². The quantitative estimate of drug-likeness (QED) is 0.0996. The summed E-state index contributed by atoms with van der Waals surface area (Å²) in [6.07, 6.45) is 15.3. The number of esters is 2. The number of aromatic nitrogens is 4. The van der Waals surface area contributed by atoms with Crippen LogP contribution in [0, 0.1) is 58.2 Å². The van der Waals surface area contributed by atoms with E-state index in [4.69, 9.17) is 28.4 Å². The van der Waals surface area contributed by atoms with Gasteiger partial charge in [-0.3, -0.25) is 19.2 Å². The van der Waals surface area contributed by atoms with Crippen LogP contribution < -0.4 is 18.9 Å². The van der Waals surface area contributed by atoms with E-state index in [0.29, 0.717) is 66.5 Å². The summed E-state index contributed by atoms with van der Waals surface area (Å²) in [7, 11) is 3.01. The Bertz CT molecular complexity index is 3410. The van der Waals surface area contributed by atoms with Crippen molar-refractivity contribution < 1.29 is 112 Å². The molecule has 2 saturated heterocycles. The number of carbonyl (C=O) groups is 4. The molecule has 4 bridgehead atoms. The fourth-order valence-corrected chi connectivity index (χ4v) is 17.6. The van der Waals surface area contributed by atoms with Crippen molar-refractivity contribution in [3.63, 3.8) is 0 Å². The van der Waals surface area contributed by atoms with E-state index in [1.165, 1.54) is 24.0 Å². The number of alkyl halides is 4. The maximum Gasteiger partial charge on any atom is 0.307 e. The van der Waals surface area contributed by atoms with Crippen LogP contribution in [-0.4, -0.2) is 129 Å². The second-order valence-electron chi connectivity index (χ2n) is 29.7. The average molecular weight is 1410 g/mol. The summed E-state index contributed by atoms with van der Waals surface area (Å²) in [4.78, 5) is 102. The van der Waals surface area contributed by atoms with Gasteiger partial charge in [-0.2, -0.15) is 17.6 Å². The van der Waals surface area contributed by atoms with Crippen LogP contribution in [0.3, 0.4) is 0 Å². The second-order valence-corrected chi connectivity index (χ2v) is 29.7. The third kappa shape index (κ3) is 14.7. The molecule has 2 unspecified atom stereocenters. The molecule has 2 amide bonds. The number of hydrogen-bond acceptors (Lipinski definition) is 16. The maximum absolute atomic E-state index is 16.1. The number of benzene rings is 2. The molecular weight excluding hydrogens is 1320 g/mol. The molecule has 2 aromatic carbocycles. The smallest absolute Gasteiger partial charge is 0.307 e. The van der Waals surface area contributed by atoms with E-state index in [1.807, 2.05) is 26.4 Å². The Morgan fingerprint density at radius 2 is 0.969 bits per heavy atom. The molecule has 5 aliphatic carbocycles. The Morgan fingerprint density at radius 1 is 0.521 bits per heavy atom. The summed E-state index contributed by atoms with van der Waals surface area (Å²) < 4.78 is 99.9. The van der Waals surface area contributed by atoms with Crippen molar-refractivity contribution in [1.82, 2.24) is 29.7 Å². The number of rotatable bonds is 6. The molecule has 24 heteroatoms. The summed E-state index contributed by atoms with van der Waals surface area (Å²) >= 11 is 0. The first kappa shape index (κ1) is 73.2. The van der Waals surface area contributed by atoms with Crippen LogP contribution in [0.2, 0.25) is 0 Å². The van der Waals surface area contributed by atoms with E-state index in [1.54, 1.807) is 50.2 Å². The molecule has 5 saturated carbocycles. The minimum absolute atomic E-state index is 0. The Morgan fingerprint density at radius 3 is 1.44 bits per heavy atom. The Balaban J connectivity index is 0.000000205. The molecule has 7 fully saturated rings. The number of methoxy groups -OCH3 is 2. The minimum atomic E-state index is -3.36. The molecule has 2 aromatic heterocycles. The molecule has 0 N–H and O–H groups in total. The minimum Gasteiger partial charge on any atom is -0.540 e. The van der Waals surface area contributed by atoms with Crippen molar-refractivity contribution in [2.45, 2.75) is 230 Å². The van der Waals surface area contributed by atoms with Crippen molar-refractivity contribution in [3.8, 4) is 23.3 Å². The monoisotopic (exact) mass is 1410 g/mol. The third-order valence-electron chi connectivity index (χ3n) is 23.6. The Labute approximate surface area is 583 Å². The van der Waals surface area contributed by atoms with Gasteiger partial charge >= 0.3 is 11.9 Å². The van der Waals surface area contributed by atoms with Gasteiger partial charge in [0.2, 0.25) is 23.6 Å². The van der Waals surface area contributed by atoms with Crippen molar-refractivity contribution in [1.29, 1.82) is 0 Å². The average Bonchev–Trinajstić information content (AvgIpc) is 1.51. The van der Waals surface area contributed by atoms with Crippen LogP contribution in [0.15, 0.2) is 36.4 Å². The van der Waals surface area contributed by atoms with Crippen LogP contribution in [0.25, 0.3) is 22.1 Å². The van der Waals surface area contributed by atoms with Gasteiger partial charge in [-0.25, -0.2) is 32.5 Å². The Hall–Kier alpha value is -5.57. The van der Waals surface area contributed by atoms with Crippen LogP contribution in [0.5, 0.6) is 23.3 Å². The first-order valence-corrected chi connectivity index (χ1v) is 34.5. The van der Waals surface area contributed by atoms with Gasteiger partial charge in [0.15, 0.2) is 11.4 Å². The van der Waals surface area contributed by atoms with Gasteiger partial charge in [0.1, 0.15) is 35.4 Å². The van der Waals surface area contributed by atoms with Gasteiger partial charge in [-0.15, -0.1) is 0 Å². The van der Waals surface area contributed by atoms with E-state index in [-0.39, 0.29) is 128 Å². The molecule has 0 spiro atoms. The topological polar surface area (TPSA) is 216 Å². The molecule has 520 valence electrons. The first-order valence-electron chi connectivity index (χ1n) is 34.5. The summed E-state index contributed by atoms with van der Waals surface area (Å²) in [5.74, 6) is -9.19. The molecule has 4 aliphatic heterocycles. The van der Waals surface area contributed by atoms with E-state index >= 15 is 17.6 Å². The van der Waals surface area contributed by atoms with E-state index in [0.717, 1.165) is 77.0 Å². The van der Waals surface area contributed by atoms with Gasteiger partial charge in [-0.1, -0.05) is 78.3 Å². The fourth-order valence-electron chi connectivity index (χ4n) is 17.6. The SMILES string of the molecule is COc1ccc2nc3c(nc2c1)O[C@H]1CN(C(=O)[C@H](C2(C)CCCC2)CC(=O)O[C@@H]2CC4CC4[C@H]2CCCCC3(F)F)[C@H]([C-]=O)[C@@H]1C.COc1ccc2nc3c(nc2c1)O[C@H]1CN(C(=O)[C@H](C2(C)CCCC2)CC(=O)O[C@]2(C)CCC[C@H]2CCCCC3(F)F)[C@H]([C-]=O)[C@@H]1C.[V].[V]. The molecule has 13 rings (SSSR count). The van der Waals surface area contributed by atoms with Crippen LogP contribution in [-0.2, 0) is 87.2 Å². The van der Waals surface area contributed by atoms with Crippen LogP contribution >= 0.6 is 0 Å². The van der Waals surface area contributed by atoms with Crippen molar-refractivity contribution in [3.05, 3.63) is 47.8 Å². The van der Waals surface area contributed by atoms with Crippen molar-refractivity contribution in [2.75, 3.05) is 27.3 Å². The number of amides is 2. The van der Waals surface area contributed by atoms with Gasteiger partial charge in [0, 0.05) is 62.1 Å². The molecule has 6 heterocycles. The van der Waals surface area contributed by atoms with Crippen LogP contribution in [0.4, 0.5) is 17.6 Å². The number of hydrogen-bond donors (Lipinski definition) is 0. The van der Waals surface area contributed by atoms with Gasteiger partial charge < -0.3 is 47.8 Å². The number of halogens is 4. The maximum atomic E-state index is 16.1. The summed E-state index contributed by atoms with van der Waals surface area (Å²) in [6, 6.07) is 7.74. The number of carbonyl (C=O) groups excluding carboxylic acids is 6. The zero-order valence-corrected chi connectivity index (χ0v) is 58.9. The standard InChI is InChI=1S/C36H44F2N3O6.C36H46F2N3O6.2V/c1-20-28(19-42)41-18-30(20)47-33-32(39-26-10-9-22(45-3)16-27(26)40-33)36(37,38)13-5-4-8-23-24-14-21(24)15-29(23)46-31(43)17-25(34(41)44)35(2)11-6-7-12-35;1-22-28(21-42)41-20-29(22)46-32-31(39-26-13-12-24(45-4)18-27(26)40-32)36(37,38)17-6-5-10-23-11-9-16-35(23,3)47-30(43)19-25(33(41)44)34(2)14-7-8-15-34;;/h9-10,16,20-21,23-25,28-30H,4-8,11-15,17-18H2,1-3H3;12-13,18,22-23,25,28-29H,5-11,14-17,19-20H2,1-4H3;;/q2*-1;;/t20-,21?,23+,24?,25+,28+,29+,30-;22-,23+,25+,28+,29-,35+;;/m00../s1. The molecule has 18 nitrogen and oxygen atoms in total. The summed E-state index contributed by atoms with van der Waals surface area (Å²) in [5, 5.41) is 0. The molecule has 9 aliphatic rings. The van der Waals surface area contributed by atoms with Gasteiger partial charge in [0.05, 0.1) is 74.1 Å². The largest absolute Gasteiger partial charge is 0.540 e. The predicted molar refractivity (Wildman–Crippen MR) is 337 cm³/mol. The normalized spacial score (nSPS) is 33.3. The Kier molecular flexibility index (Phi) is 22.3. The zero-order valence-electron chi connectivity index (χ0n) is 56.1. The molecule has 96 heavy (non-hydrogen) atoms. The second kappa shape index (κ2) is 29.3. The summed E-state index contributed by atoms with van der Waals surface area (Å²) in [5.41, 5.74) is -1.48. The van der Waals surface area contributed by atoms with Crippen LogP contribution in [0.1, 0.15) is 194 Å². The number of nitrogens with zero attached hydrogens (tertiary/aromatic N) is 6. The van der Waals surface area contributed by atoms with E-state index in [9.17, 15) is 28.8 Å². The predicted octanol–water partition coefficient (Wildman–Crippen LogP) is 12.9. The van der Waals surface area contributed by atoms with Gasteiger partial charge in [-0.05, 0) is 161 Å². The zero-order chi connectivity index (χ0) is 66.6. The molecule has 14 atom stereocenters. The van der Waals surface area contributed by atoms with Crippen molar-refractivity contribution >= 4 is 58.4 Å². The molecule has 2 radical (unpaired) electrons. The van der Waals surface area contributed by atoms with Gasteiger partial charge in [0.25, 0.3) is 11.8 Å². The first-order chi connectivity index (χ1) is 44.9. The number of ether oxygens (including phenoxy) is 6. The fraction of sp³-hybridized carbons (Fsp3) is 0.694. The van der Waals surface area contributed by atoms with E-state index < -0.39 is 112 Å².